The third-order valence-corrected chi connectivity index (χ3v) is 5.75. The Labute approximate surface area is 170 Å². The molecule has 0 bridgehead atoms. The van der Waals surface area contributed by atoms with Crippen molar-refractivity contribution in [2.75, 3.05) is 0 Å². The summed E-state index contributed by atoms with van der Waals surface area (Å²) in [5.41, 5.74) is 2.46. The lowest BCUT2D eigenvalue weighted by molar-refractivity contribution is 0.0697. The first-order valence-corrected chi connectivity index (χ1v) is 9.77. The Morgan fingerprint density at radius 1 is 1.00 bits per heavy atom. The van der Waals surface area contributed by atoms with Crippen molar-refractivity contribution in [3.8, 4) is 10.4 Å². The van der Waals surface area contributed by atoms with Crippen LogP contribution in [0.25, 0.3) is 21.3 Å². The molecule has 2 aromatic heterocycles. The predicted octanol–water partition coefficient (Wildman–Crippen LogP) is 5.74. The van der Waals surface area contributed by atoms with E-state index in [1.54, 1.807) is 35.7 Å². The summed E-state index contributed by atoms with van der Waals surface area (Å²) in [6, 6.07) is 18.1. The molecule has 0 radical (unpaired) electrons. The second kappa shape index (κ2) is 7.54. The van der Waals surface area contributed by atoms with E-state index in [4.69, 9.17) is 11.6 Å². The fourth-order valence-electron chi connectivity index (χ4n) is 3.06. The lowest BCUT2D eigenvalue weighted by Crippen LogP contribution is -2.09. The van der Waals surface area contributed by atoms with Crippen molar-refractivity contribution in [1.29, 1.82) is 0 Å². The van der Waals surface area contributed by atoms with Crippen LogP contribution in [0.5, 0.6) is 0 Å². The standard InChI is InChI=1S/C22H14ClNO3S/c23-16-8-5-14(6-9-16)21-20(22(26)27)15(12-28-21)11-19(25)18-10-7-13-3-1-2-4-17(13)24-18/h1-10,12H,11H2,(H,26,27). The van der Waals surface area contributed by atoms with E-state index in [-0.39, 0.29) is 17.8 Å². The molecule has 0 aliphatic carbocycles. The zero-order valence-corrected chi connectivity index (χ0v) is 16.1. The number of carboxylic acids is 1. The summed E-state index contributed by atoms with van der Waals surface area (Å²) < 4.78 is 0. The summed E-state index contributed by atoms with van der Waals surface area (Å²) in [6.45, 7) is 0. The number of Topliss-reactive ketones (excluding diaryl/α,β-unsaturated/α-hetero) is 1. The van der Waals surface area contributed by atoms with E-state index in [9.17, 15) is 14.7 Å². The molecular weight excluding hydrogens is 394 g/mol. The van der Waals surface area contributed by atoms with Crippen LogP contribution in [-0.2, 0) is 6.42 Å². The number of ketones is 1. The zero-order chi connectivity index (χ0) is 19.7. The Hall–Kier alpha value is -3.02. The maximum Gasteiger partial charge on any atom is 0.337 e. The molecule has 0 aliphatic heterocycles. The number of carboxylic acid groups (broad SMARTS) is 1. The van der Waals surface area contributed by atoms with Crippen molar-refractivity contribution in [3.05, 3.63) is 87.9 Å². The van der Waals surface area contributed by atoms with Crippen LogP contribution in [0.15, 0.2) is 66.0 Å². The topological polar surface area (TPSA) is 67.3 Å². The Morgan fingerprint density at radius 3 is 2.50 bits per heavy atom. The van der Waals surface area contributed by atoms with Crippen LogP contribution < -0.4 is 0 Å². The summed E-state index contributed by atoms with van der Waals surface area (Å²) in [5, 5.41) is 13.0. The van der Waals surface area contributed by atoms with E-state index in [0.717, 1.165) is 16.5 Å². The Morgan fingerprint density at radius 2 is 1.75 bits per heavy atom. The molecule has 0 fully saturated rings. The summed E-state index contributed by atoms with van der Waals surface area (Å²) in [6.07, 6.45) is -0.0168. The lowest BCUT2D eigenvalue weighted by atomic mass is 10.0. The Kier molecular flexibility index (Phi) is 4.94. The van der Waals surface area contributed by atoms with Crippen molar-refractivity contribution in [1.82, 2.24) is 4.98 Å². The minimum Gasteiger partial charge on any atom is -0.478 e. The molecule has 4 nitrogen and oxygen atoms in total. The molecular formula is C22H14ClNO3S. The van der Waals surface area contributed by atoms with Crippen molar-refractivity contribution in [2.45, 2.75) is 6.42 Å². The maximum absolute atomic E-state index is 12.8. The third-order valence-electron chi connectivity index (χ3n) is 4.42. The molecule has 1 N–H and O–H groups in total. The maximum atomic E-state index is 12.8. The van der Waals surface area contributed by atoms with Crippen LogP contribution in [-0.4, -0.2) is 21.8 Å². The Balaban J connectivity index is 1.68. The molecule has 0 unspecified atom stereocenters. The number of para-hydroxylation sites is 1. The highest BCUT2D eigenvalue weighted by molar-refractivity contribution is 7.14. The average Bonchev–Trinajstić information content (AvgIpc) is 3.12. The first-order valence-electron chi connectivity index (χ1n) is 8.51. The minimum atomic E-state index is -1.06. The number of hydrogen-bond acceptors (Lipinski definition) is 4. The van der Waals surface area contributed by atoms with Gasteiger partial charge >= 0.3 is 5.97 Å². The minimum absolute atomic E-state index is 0.0168. The molecule has 2 aromatic carbocycles. The quantitative estimate of drug-likeness (QED) is 0.428. The SMILES string of the molecule is O=C(Cc1csc(-c2ccc(Cl)cc2)c1C(=O)O)c1ccc2ccccc2n1. The fraction of sp³-hybridized carbons (Fsp3) is 0.0455. The van der Waals surface area contributed by atoms with Gasteiger partial charge < -0.3 is 5.11 Å². The van der Waals surface area contributed by atoms with Gasteiger partial charge in [-0.05, 0) is 40.8 Å². The molecule has 0 spiro atoms. The molecule has 6 heteroatoms. The van der Waals surface area contributed by atoms with Gasteiger partial charge in [0.25, 0.3) is 0 Å². The first-order chi connectivity index (χ1) is 13.5. The molecule has 28 heavy (non-hydrogen) atoms. The van der Waals surface area contributed by atoms with E-state index in [2.05, 4.69) is 4.98 Å². The van der Waals surface area contributed by atoms with Crippen LogP contribution in [0.3, 0.4) is 0 Å². The van der Waals surface area contributed by atoms with Crippen molar-refractivity contribution < 1.29 is 14.7 Å². The molecule has 0 saturated carbocycles. The Bertz CT molecular complexity index is 1200. The van der Waals surface area contributed by atoms with Gasteiger partial charge in [-0.3, -0.25) is 4.79 Å². The second-order valence-electron chi connectivity index (χ2n) is 6.27. The number of carbonyl (C=O) groups is 2. The third kappa shape index (κ3) is 3.54. The molecule has 0 amide bonds. The van der Waals surface area contributed by atoms with Gasteiger partial charge in [0.1, 0.15) is 5.69 Å². The van der Waals surface area contributed by atoms with E-state index in [1.807, 2.05) is 30.3 Å². The number of pyridine rings is 1. The summed E-state index contributed by atoms with van der Waals surface area (Å²) in [4.78, 5) is 29.7. The molecule has 4 aromatic rings. The smallest absolute Gasteiger partial charge is 0.337 e. The number of aromatic nitrogens is 1. The first kappa shape index (κ1) is 18.3. The second-order valence-corrected chi connectivity index (χ2v) is 7.58. The van der Waals surface area contributed by atoms with Crippen LogP contribution in [0.1, 0.15) is 26.4 Å². The van der Waals surface area contributed by atoms with Crippen molar-refractivity contribution in [2.24, 2.45) is 0 Å². The number of fused-ring (bicyclic) bond motifs is 1. The summed E-state index contributed by atoms with van der Waals surface area (Å²) in [7, 11) is 0. The number of halogens is 1. The lowest BCUT2D eigenvalue weighted by Gasteiger charge is -2.05. The van der Waals surface area contributed by atoms with E-state index < -0.39 is 5.97 Å². The number of hydrogen-bond donors (Lipinski definition) is 1. The molecule has 0 aliphatic rings. The number of carbonyl (C=O) groups excluding carboxylic acids is 1. The molecule has 4 rings (SSSR count). The van der Waals surface area contributed by atoms with Gasteiger partial charge in [-0.25, -0.2) is 9.78 Å². The fourth-order valence-corrected chi connectivity index (χ4v) is 4.25. The summed E-state index contributed by atoms with van der Waals surface area (Å²) in [5.74, 6) is -1.27. The molecule has 0 saturated heterocycles. The monoisotopic (exact) mass is 407 g/mol. The highest BCUT2D eigenvalue weighted by atomic mass is 35.5. The molecule has 2 heterocycles. The molecule has 0 atom stereocenters. The van der Waals surface area contributed by atoms with Gasteiger partial charge in [-0.2, -0.15) is 0 Å². The van der Waals surface area contributed by atoms with Crippen LogP contribution in [0.2, 0.25) is 5.02 Å². The van der Waals surface area contributed by atoms with Gasteiger partial charge in [-0.15, -0.1) is 11.3 Å². The number of benzene rings is 2. The largest absolute Gasteiger partial charge is 0.478 e. The van der Waals surface area contributed by atoms with Crippen LogP contribution >= 0.6 is 22.9 Å². The number of nitrogens with zero attached hydrogens (tertiary/aromatic N) is 1. The highest BCUT2D eigenvalue weighted by Gasteiger charge is 2.22. The van der Waals surface area contributed by atoms with Crippen LogP contribution in [0.4, 0.5) is 0 Å². The van der Waals surface area contributed by atoms with Crippen molar-refractivity contribution in [3.63, 3.8) is 0 Å². The van der Waals surface area contributed by atoms with Gasteiger partial charge in [-0.1, -0.05) is 48.0 Å². The predicted molar refractivity (Wildman–Crippen MR) is 112 cm³/mol. The van der Waals surface area contributed by atoms with Gasteiger partial charge in [0.05, 0.1) is 11.1 Å². The number of aromatic carboxylic acids is 1. The average molecular weight is 408 g/mol. The van der Waals surface area contributed by atoms with E-state index in [1.165, 1.54) is 11.3 Å². The van der Waals surface area contributed by atoms with Gasteiger partial charge in [0, 0.05) is 21.7 Å². The van der Waals surface area contributed by atoms with Crippen LogP contribution in [0, 0.1) is 0 Å². The van der Waals surface area contributed by atoms with E-state index >= 15 is 0 Å². The van der Waals surface area contributed by atoms with Crippen molar-refractivity contribution >= 4 is 45.6 Å². The molecule has 138 valence electrons. The zero-order valence-electron chi connectivity index (χ0n) is 14.6. The van der Waals surface area contributed by atoms with Gasteiger partial charge in [0.2, 0.25) is 0 Å². The number of rotatable bonds is 5. The highest BCUT2D eigenvalue weighted by Crippen LogP contribution is 2.34. The van der Waals surface area contributed by atoms with E-state index in [0.29, 0.717) is 21.2 Å². The van der Waals surface area contributed by atoms with Gasteiger partial charge in [0.15, 0.2) is 5.78 Å². The number of thiophene rings is 1. The normalized spacial score (nSPS) is 10.9. The summed E-state index contributed by atoms with van der Waals surface area (Å²) >= 11 is 7.23.